The van der Waals surface area contributed by atoms with Crippen LogP contribution in [0, 0.1) is 18.2 Å². The fraction of sp³-hybridized carbons (Fsp3) is 0.333. The molecule has 2 aromatic carbocycles. The van der Waals surface area contributed by atoms with Crippen LogP contribution in [0.25, 0.3) is 11.8 Å². The maximum absolute atomic E-state index is 13.6. The monoisotopic (exact) mass is 474 g/mol. The van der Waals surface area contributed by atoms with Crippen molar-refractivity contribution in [1.29, 1.82) is 0 Å². The predicted octanol–water partition coefficient (Wildman–Crippen LogP) is 4.52. The summed E-state index contributed by atoms with van der Waals surface area (Å²) in [6.07, 6.45) is 6.77. The van der Waals surface area contributed by atoms with Crippen molar-refractivity contribution in [2.45, 2.75) is 19.4 Å². The molecule has 8 heteroatoms. The Morgan fingerprint density at radius 3 is 2.69 bits per heavy atom. The predicted molar refractivity (Wildman–Crippen MR) is 130 cm³/mol. The summed E-state index contributed by atoms with van der Waals surface area (Å²) in [5.41, 5.74) is 5.04. The lowest BCUT2D eigenvalue weighted by Crippen LogP contribution is -2.58. The first-order valence-electron chi connectivity index (χ1n) is 11.7. The summed E-state index contributed by atoms with van der Waals surface area (Å²) in [7, 11) is 1.68. The lowest BCUT2D eigenvalue weighted by atomic mass is 9.74. The second kappa shape index (κ2) is 8.53. The Labute approximate surface area is 203 Å². The van der Waals surface area contributed by atoms with Gasteiger partial charge in [0.25, 0.3) is 0 Å². The molecule has 0 aliphatic carbocycles. The van der Waals surface area contributed by atoms with Gasteiger partial charge in [-0.3, -0.25) is 0 Å². The zero-order valence-corrected chi connectivity index (χ0v) is 19.8. The van der Waals surface area contributed by atoms with E-state index in [0.29, 0.717) is 19.8 Å². The van der Waals surface area contributed by atoms with Gasteiger partial charge in [-0.05, 0) is 60.4 Å². The number of nitrogens with zero attached hydrogens (tertiary/aromatic N) is 4. The van der Waals surface area contributed by atoms with Crippen molar-refractivity contribution in [3.63, 3.8) is 0 Å². The van der Waals surface area contributed by atoms with E-state index in [9.17, 15) is 4.39 Å². The van der Waals surface area contributed by atoms with Crippen LogP contribution in [0.4, 0.5) is 4.39 Å². The molecule has 1 unspecified atom stereocenters. The van der Waals surface area contributed by atoms with E-state index in [1.165, 1.54) is 12.1 Å². The molecule has 0 N–H and O–H groups in total. The van der Waals surface area contributed by atoms with Crippen LogP contribution in [0.3, 0.4) is 0 Å². The summed E-state index contributed by atoms with van der Waals surface area (Å²) in [6, 6.07) is 12.8. The zero-order chi connectivity index (χ0) is 24.0. The van der Waals surface area contributed by atoms with E-state index >= 15 is 0 Å². The SMILES string of the molecule is COc1cc(C=C2CC3(COC3)CN3C2=NOCC3c2ccc(F)cc2)ccc1-n1cnc(C)c1. The summed E-state index contributed by atoms with van der Waals surface area (Å²) in [6.45, 7) is 4.65. The number of rotatable bonds is 4. The number of methoxy groups -OCH3 is 1. The number of imidazole rings is 1. The molecule has 0 saturated carbocycles. The Morgan fingerprint density at radius 2 is 2.00 bits per heavy atom. The third kappa shape index (κ3) is 3.97. The van der Waals surface area contributed by atoms with E-state index in [2.05, 4.69) is 27.2 Å². The first kappa shape index (κ1) is 21.9. The van der Waals surface area contributed by atoms with Crippen molar-refractivity contribution in [2.75, 3.05) is 33.5 Å². The largest absolute Gasteiger partial charge is 0.495 e. The third-order valence-electron chi connectivity index (χ3n) is 7.00. The highest BCUT2D eigenvalue weighted by Gasteiger charge is 2.49. The van der Waals surface area contributed by atoms with Gasteiger partial charge in [0, 0.05) is 18.2 Å². The van der Waals surface area contributed by atoms with Crippen LogP contribution >= 0.6 is 0 Å². The highest BCUT2D eigenvalue weighted by Crippen LogP contribution is 2.44. The third-order valence-corrected chi connectivity index (χ3v) is 7.00. The molecule has 0 bridgehead atoms. The number of benzene rings is 2. The number of hydrogen-bond acceptors (Lipinski definition) is 6. The number of aromatic nitrogens is 2. The number of fused-ring (bicyclic) bond motifs is 1. The van der Waals surface area contributed by atoms with Crippen LogP contribution in [0.5, 0.6) is 5.75 Å². The molecule has 1 spiro atoms. The van der Waals surface area contributed by atoms with Gasteiger partial charge in [-0.2, -0.15) is 0 Å². The van der Waals surface area contributed by atoms with Crippen molar-refractivity contribution in [3.05, 3.63) is 83.2 Å². The number of amidine groups is 1. The normalized spacial score (nSPS) is 21.8. The molecule has 1 aromatic heterocycles. The summed E-state index contributed by atoms with van der Waals surface area (Å²) in [5, 5.41) is 4.47. The van der Waals surface area contributed by atoms with Gasteiger partial charge in [-0.15, -0.1) is 0 Å². The van der Waals surface area contributed by atoms with Crippen molar-refractivity contribution in [3.8, 4) is 11.4 Å². The van der Waals surface area contributed by atoms with Gasteiger partial charge < -0.3 is 23.8 Å². The smallest absolute Gasteiger partial charge is 0.172 e. The number of hydrogen-bond donors (Lipinski definition) is 0. The molecule has 3 aromatic rings. The molecule has 7 nitrogen and oxygen atoms in total. The number of aryl methyl sites for hydroxylation is 1. The molecular formula is C27H27FN4O3. The summed E-state index contributed by atoms with van der Waals surface area (Å²) in [4.78, 5) is 12.3. The van der Waals surface area contributed by atoms with E-state index in [0.717, 1.165) is 52.6 Å². The van der Waals surface area contributed by atoms with Gasteiger partial charge >= 0.3 is 0 Å². The van der Waals surface area contributed by atoms with Crippen molar-refractivity contribution in [2.24, 2.45) is 10.6 Å². The molecule has 35 heavy (non-hydrogen) atoms. The van der Waals surface area contributed by atoms with Gasteiger partial charge in [-0.25, -0.2) is 9.37 Å². The molecule has 3 aliphatic rings. The van der Waals surface area contributed by atoms with Gasteiger partial charge in [0.2, 0.25) is 0 Å². The number of oxime groups is 1. The van der Waals surface area contributed by atoms with E-state index in [1.807, 2.05) is 42.0 Å². The van der Waals surface area contributed by atoms with Crippen molar-refractivity contribution >= 4 is 11.9 Å². The number of halogens is 1. The van der Waals surface area contributed by atoms with Gasteiger partial charge in [-0.1, -0.05) is 23.4 Å². The first-order valence-corrected chi connectivity index (χ1v) is 11.7. The van der Waals surface area contributed by atoms with Gasteiger partial charge in [0.1, 0.15) is 18.2 Å². The first-order chi connectivity index (χ1) is 17.0. The molecule has 2 fully saturated rings. The molecule has 6 rings (SSSR count). The minimum absolute atomic E-state index is 0.0364. The standard InChI is InChI=1S/C27H27FN4O3/c1-18-12-31(17-29-18)23-8-3-19(10-25(23)33-2)9-21-11-27(15-34-16-27)14-32-24(13-35-30-26(21)32)20-4-6-22(28)7-5-20/h3-10,12,17,24H,11,13-16H2,1-2H3. The second-order valence-corrected chi connectivity index (χ2v) is 9.60. The van der Waals surface area contributed by atoms with Crippen LogP contribution in [-0.2, 0) is 9.57 Å². The van der Waals surface area contributed by atoms with Crippen molar-refractivity contribution < 1.29 is 18.7 Å². The molecule has 0 radical (unpaired) electrons. The number of ether oxygens (including phenoxy) is 2. The average Bonchev–Trinajstić information content (AvgIpc) is 3.29. The van der Waals surface area contributed by atoms with Crippen molar-refractivity contribution in [1.82, 2.24) is 14.5 Å². The fourth-order valence-electron chi connectivity index (χ4n) is 5.20. The summed E-state index contributed by atoms with van der Waals surface area (Å²) < 4.78 is 26.9. The molecule has 2 saturated heterocycles. The van der Waals surface area contributed by atoms with Crippen LogP contribution in [0.1, 0.15) is 29.3 Å². The Morgan fingerprint density at radius 1 is 1.17 bits per heavy atom. The van der Waals surface area contributed by atoms with Crippen LogP contribution in [0.15, 0.2) is 65.7 Å². The summed E-state index contributed by atoms with van der Waals surface area (Å²) in [5.74, 6) is 1.35. The zero-order valence-electron chi connectivity index (χ0n) is 19.8. The molecule has 3 aliphatic heterocycles. The van der Waals surface area contributed by atoms with Crippen LogP contribution < -0.4 is 4.74 Å². The Balaban J connectivity index is 1.37. The maximum atomic E-state index is 13.6. The second-order valence-electron chi connectivity index (χ2n) is 9.60. The van der Waals surface area contributed by atoms with E-state index in [4.69, 9.17) is 14.3 Å². The Kier molecular flexibility index (Phi) is 5.33. The summed E-state index contributed by atoms with van der Waals surface area (Å²) >= 11 is 0. The quantitative estimate of drug-likeness (QED) is 0.557. The van der Waals surface area contributed by atoms with Crippen LogP contribution in [0.2, 0.25) is 0 Å². The minimum Gasteiger partial charge on any atom is -0.495 e. The maximum Gasteiger partial charge on any atom is 0.172 e. The number of piperidine rings is 1. The Hall–Kier alpha value is -3.65. The molecule has 0 amide bonds. The van der Waals surface area contributed by atoms with Crippen LogP contribution in [-0.4, -0.2) is 53.8 Å². The fourth-order valence-corrected chi connectivity index (χ4v) is 5.20. The van der Waals surface area contributed by atoms with E-state index in [-0.39, 0.29) is 17.3 Å². The van der Waals surface area contributed by atoms with E-state index in [1.54, 1.807) is 13.4 Å². The molecule has 180 valence electrons. The lowest BCUT2D eigenvalue weighted by molar-refractivity contribution is -0.131. The van der Waals surface area contributed by atoms with Gasteiger partial charge in [0.05, 0.1) is 44.1 Å². The highest BCUT2D eigenvalue weighted by molar-refractivity contribution is 6.03. The minimum atomic E-state index is -0.245. The highest BCUT2D eigenvalue weighted by atomic mass is 19.1. The topological polar surface area (TPSA) is 61.1 Å². The average molecular weight is 475 g/mol. The molecule has 1 atom stereocenters. The lowest BCUT2D eigenvalue weighted by Gasteiger charge is -2.52. The molecule has 4 heterocycles. The van der Waals surface area contributed by atoms with Gasteiger partial charge in [0.15, 0.2) is 5.84 Å². The Bertz CT molecular complexity index is 1310. The molecular weight excluding hydrogens is 447 g/mol. The van der Waals surface area contributed by atoms with E-state index < -0.39 is 0 Å².